The van der Waals surface area contributed by atoms with Crippen LogP contribution in [-0.2, 0) is 0 Å². The summed E-state index contributed by atoms with van der Waals surface area (Å²) >= 11 is 5.48. The first-order valence-corrected chi connectivity index (χ1v) is 8.37. The van der Waals surface area contributed by atoms with Gasteiger partial charge in [-0.2, -0.15) is 0 Å². The van der Waals surface area contributed by atoms with Crippen molar-refractivity contribution >= 4 is 27.7 Å². The van der Waals surface area contributed by atoms with Gasteiger partial charge in [-0.15, -0.1) is 0 Å². The maximum atomic E-state index is 3.55. The van der Waals surface area contributed by atoms with Gasteiger partial charge < -0.3 is 0 Å². The number of allylic oxidation sites excluding steroid dienone is 4. The molecule has 2 heteroatoms. The minimum atomic E-state index is 0.576. The summed E-state index contributed by atoms with van der Waals surface area (Å²) in [5.74, 6) is 0.576. The van der Waals surface area contributed by atoms with E-state index < -0.39 is 0 Å². The fourth-order valence-corrected chi connectivity index (χ4v) is 4.50. The molecule has 0 fully saturated rings. The molecule has 0 bridgehead atoms. The lowest BCUT2D eigenvalue weighted by Gasteiger charge is -2.13. The van der Waals surface area contributed by atoms with E-state index in [9.17, 15) is 0 Å². The summed E-state index contributed by atoms with van der Waals surface area (Å²) in [7, 11) is 0. The molecule has 2 aromatic rings. The van der Waals surface area contributed by atoms with E-state index in [4.69, 9.17) is 0 Å². The summed E-state index contributed by atoms with van der Waals surface area (Å²) in [6, 6.07) is 15.4. The van der Waals surface area contributed by atoms with Crippen LogP contribution >= 0.6 is 27.7 Å². The van der Waals surface area contributed by atoms with Gasteiger partial charge in [-0.25, -0.2) is 0 Å². The van der Waals surface area contributed by atoms with Crippen molar-refractivity contribution < 1.29 is 0 Å². The van der Waals surface area contributed by atoms with Crippen LogP contribution in [0.1, 0.15) is 17.9 Å². The van der Waals surface area contributed by atoms with Crippen molar-refractivity contribution in [3.8, 4) is 11.1 Å². The van der Waals surface area contributed by atoms with Gasteiger partial charge in [0.25, 0.3) is 0 Å². The van der Waals surface area contributed by atoms with Gasteiger partial charge in [0.1, 0.15) is 0 Å². The van der Waals surface area contributed by atoms with Crippen LogP contribution in [0.2, 0.25) is 0 Å². The van der Waals surface area contributed by atoms with Crippen LogP contribution in [0.25, 0.3) is 11.1 Å². The summed E-state index contributed by atoms with van der Waals surface area (Å²) in [6.07, 6.45) is 7.85. The first-order chi connectivity index (χ1) is 9.81. The van der Waals surface area contributed by atoms with E-state index in [1.54, 1.807) is 0 Å². The largest absolute Gasteiger partial charge is 0.0936 e. The number of hydrogen-bond donors (Lipinski definition) is 0. The Labute approximate surface area is 131 Å². The average molecular weight is 341 g/mol. The zero-order valence-corrected chi connectivity index (χ0v) is 13.2. The highest BCUT2D eigenvalue weighted by Gasteiger charge is 2.28. The standard InChI is InChI=1S/C18H13BrS/c19-14-5-3-4-12(10-14)13-8-9-18-16(11-13)15-6-1-2-7-17(15)20-18/h1-5,7-11,15H,6H2. The molecule has 98 valence electrons. The van der Waals surface area contributed by atoms with Crippen molar-refractivity contribution in [3.05, 3.63) is 75.6 Å². The number of thioether (sulfide) groups is 1. The maximum absolute atomic E-state index is 3.55. The summed E-state index contributed by atoms with van der Waals surface area (Å²) in [4.78, 5) is 2.91. The molecular formula is C18H13BrS. The second-order valence-electron chi connectivity index (χ2n) is 5.15. The van der Waals surface area contributed by atoms with E-state index in [1.165, 1.54) is 26.5 Å². The van der Waals surface area contributed by atoms with Crippen molar-refractivity contribution in [2.45, 2.75) is 17.2 Å². The predicted octanol–water partition coefficient (Wildman–Crippen LogP) is 6.15. The molecule has 2 aliphatic rings. The van der Waals surface area contributed by atoms with E-state index in [2.05, 4.69) is 76.6 Å². The molecule has 0 amide bonds. The number of halogens is 1. The Hall–Kier alpha value is -1.25. The van der Waals surface area contributed by atoms with Gasteiger partial charge in [0.15, 0.2) is 0 Å². The Balaban J connectivity index is 1.80. The molecule has 0 aromatic heterocycles. The highest BCUT2D eigenvalue weighted by Crippen LogP contribution is 2.52. The monoisotopic (exact) mass is 340 g/mol. The first-order valence-electron chi connectivity index (χ1n) is 6.76. The Kier molecular flexibility index (Phi) is 3.08. The Morgan fingerprint density at radius 1 is 1.05 bits per heavy atom. The fourth-order valence-electron chi connectivity index (χ4n) is 2.88. The number of rotatable bonds is 1. The molecule has 0 radical (unpaired) electrons. The third kappa shape index (κ3) is 2.07. The van der Waals surface area contributed by atoms with Crippen LogP contribution in [0.15, 0.2) is 75.0 Å². The van der Waals surface area contributed by atoms with E-state index in [1.807, 2.05) is 11.8 Å². The van der Waals surface area contributed by atoms with Crippen molar-refractivity contribution in [1.82, 2.24) is 0 Å². The summed E-state index contributed by atoms with van der Waals surface area (Å²) in [5.41, 5.74) is 4.07. The van der Waals surface area contributed by atoms with Gasteiger partial charge >= 0.3 is 0 Å². The first kappa shape index (κ1) is 12.5. The Bertz CT molecular complexity index is 743. The van der Waals surface area contributed by atoms with Crippen molar-refractivity contribution in [2.24, 2.45) is 0 Å². The van der Waals surface area contributed by atoms with Crippen molar-refractivity contribution in [1.29, 1.82) is 0 Å². The van der Waals surface area contributed by atoms with Crippen LogP contribution in [0.5, 0.6) is 0 Å². The van der Waals surface area contributed by atoms with E-state index >= 15 is 0 Å². The second-order valence-corrected chi connectivity index (χ2v) is 7.18. The van der Waals surface area contributed by atoms with Crippen LogP contribution < -0.4 is 0 Å². The minimum absolute atomic E-state index is 0.576. The lowest BCUT2D eigenvalue weighted by Crippen LogP contribution is -1.96. The van der Waals surface area contributed by atoms with E-state index in [-0.39, 0.29) is 0 Å². The highest BCUT2D eigenvalue weighted by atomic mass is 79.9. The maximum Gasteiger partial charge on any atom is 0.0199 e. The van der Waals surface area contributed by atoms with E-state index in [0.717, 1.165) is 10.9 Å². The molecule has 20 heavy (non-hydrogen) atoms. The summed E-state index contributed by atoms with van der Waals surface area (Å²) in [6.45, 7) is 0. The van der Waals surface area contributed by atoms with E-state index in [0.29, 0.717) is 5.92 Å². The molecule has 0 nitrogen and oxygen atoms in total. The molecule has 0 saturated carbocycles. The average Bonchev–Trinajstić information content (AvgIpc) is 2.85. The van der Waals surface area contributed by atoms with Crippen molar-refractivity contribution in [2.75, 3.05) is 0 Å². The molecule has 0 saturated heterocycles. The SMILES string of the molecule is Brc1cccc(-c2ccc3c(c2)C2CC=CC=C2S3)c1. The van der Waals surface area contributed by atoms with Crippen LogP contribution in [0.4, 0.5) is 0 Å². The fraction of sp³-hybridized carbons (Fsp3) is 0.111. The predicted molar refractivity (Wildman–Crippen MR) is 90.0 cm³/mol. The lowest BCUT2D eigenvalue weighted by molar-refractivity contribution is 0.838. The highest BCUT2D eigenvalue weighted by molar-refractivity contribution is 9.10. The summed E-state index contributed by atoms with van der Waals surface area (Å²) in [5, 5.41) is 0. The second kappa shape index (κ2) is 4.94. The Morgan fingerprint density at radius 3 is 2.85 bits per heavy atom. The van der Waals surface area contributed by atoms with Crippen LogP contribution in [0.3, 0.4) is 0 Å². The number of benzene rings is 2. The molecule has 1 atom stereocenters. The topological polar surface area (TPSA) is 0 Å². The smallest absolute Gasteiger partial charge is 0.0199 e. The normalized spacial score (nSPS) is 19.4. The quantitative estimate of drug-likeness (QED) is 0.599. The van der Waals surface area contributed by atoms with Crippen LogP contribution in [0, 0.1) is 0 Å². The third-order valence-corrected chi connectivity index (χ3v) is 5.62. The molecule has 1 aliphatic carbocycles. The molecule has 4 rings (SSSR count). The van der Waals surface area contributed by atoms with Gasteiger partial charge in [0.05, 0.1) is 0 Å². The Morgan fingerprint density at radius 2 is 1.95 bits per heavy atom. The molecule has 0 spiro atoms. The van der Waals surface area contributed by atoms with Gasteiger partial charge in [0, 0.05) is 15.3 Å². The van der Waals surface area contributed by atoms with Gasteiger partial charge in [0.2, 0.25) is 0 Å². The molecule has 1 unspecified atom stereocenters. The zero-order valence-electron chi connectivity index (χ0n) is 10.8. The van der Waals surface area contributed by atoms with Gasteiger partial charge in [-0.3, -0.25) is 0 Å². The lowest BCUT2D eigenvalue weighted by atomic mass is 9.90. The van der Waals surface area contributed by atoms with Gasteiger partial charge in [-0.1, -0.05) is 64.1 Å². The molecule has 2 aromatic carbocycles. The van der Waals surface area contributed by atoms with Gasteiger partial charge in [-0.05, 0) is 52.3 Å². The molecular weight excluding hydrogens is 328 g/mol. The number of fused-ring (bicyclic) bond motifs is 3. The molecule has 0 N–H and O–H groups in total. The third-order valence-electron chi connectivity index (χ3n) is 3.88. The number of hydrogen-bond acceptors (Lipinski definition) is 1. The van der Waals surface area contributed by atoms with Crippen molar-refractivity contribution in [3.63, 3.8) is 0 Å². The van der Waals surface area contributed by atoms with Crippen LogP contribution in [-0.4, -0.2) is 0 Å². The minimum Gasteiger partial charge on any atom is -0.0936 e. The molecule has 1 aliphatic heterocycles. The summed E-state index contributed by atoms with van der Waals surface area (Å²) < 4.78 is 1.13. The zero-order chi connectivity index (χ0) is 13.5. The molecule has 1 heterocycles.